The van der Waals surface area contributed by atoms with Crippen molar-refractivity contribution in [2.45, 2.75) is 32.0 Å². The summed E-state index contributed by atoms with van der Waals surface area (Å²) in [4.78, 5) is 20.0. The van der Waals surface area contributed by atoms with Crippen molar-refractivity contribution in [2.75, 3.05) is 26.2 Å². The second kappa shape index (κ2) is 11.3. The van der Waals surface area contributed by atoms with Crippen molar-refractivity contribution in [3.8, 4) is 0 Å². The summed E-state index contributed by atoms with van der Waals surface area (Å²) in [5.74, 6) is 0.471. The molecule has 0 saturated carbocycles. The lowest BCUT2D eigenvalue weighted by atomic mass is 10.0. The van der Waals surface area contributed by atoms with Crippen LogP contribution >= 0.6 is 0 Å². The van der Waals surface area contributed by atoms with E-state index in [-0.39, 0.29) is 11.7 Å². The molecule has 3 aromatic carbocycles. The van der Waals surface area contributed by atoms with E-state index in [4.69, 9.17) is 5.41 Å². The number of nitrogens with one attached hydrogen (secondary N) is 3. The van der Waals surface area contributed by atoms with E-state index in [1.54, 1.807) is 0 Å². The zero-order valence-corrected chi connectivity index (χ0v) is 20.6. The van der Waals surface area contributed by atoms with Crippen molar-refractivity contribution in [2.24, 2.45) is 0 Å². The van der Waals surface area contributed by atoms with Gasteiger partial charge in [0.2, 0.25) is 0 Å². The molecule has 0 bridgehead atoms. The number of fused-ring (bicyclic) bond motifs is 1. The van der Waals surface area contributed by atoms with Gasteiger partial charge in [-0.3, -0.25) is 14.9 Å². The molecule has 4 aromatic rings. The van der Waals surface area contributed by atoms with E-state index in [0.717, 1.165) is 56.6 Å². The van der Waals surface area contributed by atoms with Crippen LogP contribution in [0.2, 0.25) is 0 Å². The van der Waals surface area contributed by atoms with Gasteiger partial charge in [0.05, 0.1) is 11.0 Å². The van der Waals surface area contributed by atoms with Crippen molar-refractivity contribution in [3.63, 3.8) is 0 Å². The predicted octanol–water partition coefficient (Wildman–Crippen LogP) is 4.19. The lowest BCUT2D eigenvalue weighted by Crippen LogP contribution is -2.47. The zero-order valence-electron chi connectivity index (χ0n) is 20.6. The van der Waals surface area contributed by atoms with Crippen LogP contribution in [-0.4, -0.2) is 51.5 Å². The molecule has 3 N–H and O–H groups in total. The number of aromatic amines is 1. The fourth-order valence-electron chi connectivity index (χ4n) is 5.13. The minimum absolute atomic E-state index is 0.0419. The van der Waals surface area contributed by atoms with Gasteiger partial charge in [0, 0.05) is 45.3 Å². The highest BCUT2D eigenvalue weighted by Gasteiger charge is 2.24. The van der Waals surface area contributed by atoms with Crippen LogP contribution in [0.5, 0.6) is 0 Å². The molecule has 1 aliphatic rings. The number of piperidine rings is 1. The number of benzene rings is 3. The zero-order chi connectivity index (χ0) is 24.7. The largest absolute Gasteiger partial charge is 0.355 e. The first-order valence-corrected chi connectivity index (χ1v) is 12.7. The number of para-hydroxylation sites is 2. The van der Waals surface area contributed by atoms with Gasteiger partial charge >= 0.3 is 5.69 Å². The maximum absolute atomic E-state index is 12.6. The molecule has 0 spiro atoms. The van der Waals surface area contributed by atoms with E-state index >= 15 is 0 Å². The van der Waals surface area contributed by atoms with Crippen molar-refractivity contribution in [1.82, 2.24) is 24.7 Å². The van der Waals surface area contributed by atoms with Crippen LogP contribution in [0, 0.1) is 5.41 Å². The quantitative estimate of drug-likeness (QED) is 0.260. The molecule has 1 saturated heterocycles. The molecule has 7 nitrogen and oxygen atoms in total. The number of guanidine groups is 1. The predicted molar refractivity (Wildman–Crippen MR) is 145 cm³/mol. The molecular formula is C29H34N6O. The molecule has 0 radical (unpaired) electrons. The average Bonchev–Trinajstić information content (AvgIpc) is 3.25. The van der Waals surface area contributed by atoms with Crippen LogP contribution in [0.15, 0.2) is 89.7 Å². The summed E-state index contributed by atoms with van der Waals surface area (Å²) in [7, 11) is 0. The lowest BCUT2D eigenvalue weighted by Gasteiger charge is -2.34. The standard InChI is InChI=1S/C29H34N6O/c30-28(34-18-15-25(16-19-34)35-27-14-8-7-13-26(27)32-29(35)36)31-17-20-33(21-23-9-3-1-4-10-23)22-24-11-5-2-6-12-24/h1-14,25H,15-22H2,(H2,30,31)(H,32,36). The lowest BCUT2D eigenvalue weighted by molar-refractivity contribution is 0.248. The van der Waals surface area contributed by atoms with Crippen LogP contribution in [0.25, 0.3) is 11.0 Å². The third-order valence-electron chi connectivity index (χ3n) is 6.99. The van der Waals surface area contributed by atoms with Gasteiger partial charge in [-0.1, -0.05) is 72.8 Å². The van der Waals surface area contributed by atoms with Gasteiger partial charge < -0.3 is 15.2 Å². The molecule has 0 unspecified atom stereocenters. The van der Waals surface area contributed by atoms with Crippen LogP contribution in [0.3, 0.4) is 0 Å². The Labute approximate surface area is 211 Å². The van der Waals surface area contributed by atoms with E-state index in [9.17, 15) is 4.79 Å². The second-order valence-electron chi connectivity index (χ2n) is 9.49. The normalized spacial score (nSPS) is 14.4. The number of nitrogens with zero attached hydrogens (tertiary/aromatic N) is 3. The number of likely N-dealkylation sites (tertiary alicyclic amines) is 1. The van der Waals surface area contributed by atoms with Crippen molar-refractivity contribution >= 4 is 17.0 Å². The van der Waals surface area contributed by atoms with Crippen LogP contribution in [0.4, 0.5) is 0 Å². The molecule has 1 fully saturated rings. The van der Waals surface area contributed by atoms with Gasteiger partial charge in [0.25, 0.3) is 0 Å². The molecule has 7 heteroatoms. The molecular weight excluding hydrogens is 448 g/mol. The first-order valence-electron chi connectivity index (χ1n) is 12.7. The average molecular weight is 483 g/mol. The van der Waals surface area contributed by atoms with Gasteiger partial charge in [-0.15, -0.1) is 0 Å². The summed E-state index contributed by atoms with van der Waals surface area (Å²) in [5, 5.41) is 11.9. The van der Waals surface area contributed by atoms with Gasteiger partial charge in [0.1, 0.15) is 0 Å². The third-order valence-corrected chi connectivity index (χ3v) is 6.99. The summed E-state index contributed by atoms with van der Waals surface area (Å²) in [5.41, 5.74) is 4.39. The maximum Gasteiger partial charge on any atom is 0.326 e. The highest BCUT2D eigenvalue weighted by Crippen LogP contribution is 2.24. The molecule has 2 heterocycles. The van der Waals surface area contributed by atoms with E-state index in [2.05, 4.69) is 68.6 Å². The van der Waals surface area contributed by atoms with E-state index < -0.39 is 0 Å². The monoisotopic (exact) mass is 482 g/mol. The topological polar surface area (TPSA) is 80.2 Å². The Morgan fingerprint density at radius 1 is 0.889 bits per heavy atom. The number of hydrogen-bond acceptors (Lipinski definition) is 3. The number of hydrogen-bond donors (Lipinski definition) is 3. The Bertz CT molecular complexity index is 1280. The molecule has 1 aliphatic heterocycles. The van der Waals surface area contributed by atoms with Crippen molar-refractivity contribution in [1.29, 1.82) is 5.41 Å². The first-order chi connectivity index (χ1) is 17.7. The van der Waals surface area contributed by atoms with Crippen LogP contribution in [-0.2, 0) is 13.1 Å². The van der Waals surface area contributed by atoms with E-state index in [0.29, 0.717) is 12.5 Å². The number of H-pyrrole nitrogens is 1. The SMILES string of the molecule is N=C(NCCN(Cc1ccccc1)Cc1ccccc1)N1CCC(n2c(=O)[nH]c3ccccc32)CC1. The van der Waals surface area contributed by atoms with Crippen molar-refractivity contribution < 1.29 is 0 Å². The van der Waals surface area contributed by atoms with Crippen molar-refractivity contribution in [3.05, 3.63) is 107 Å². The van der Waals surface area contributed by atoms with Crippen LogP contribution < -0.4 is 11.0 Å². The molecule has 0 aliphatic carbocycles. The second-order valence-corrected chi connectivity index (χ2v) is 9.49. The molecule has 36 heavy (non-hydrogen) atoms. The fraction of sp³-hybridized carbons (Fsp3) is 0.310. The first kappa shape index (κ1) is 23.9. The molecule has 1 aromatic heterocycles. The number of imidazole rings is 1. The molecule has 0 atom stereocenters. The summed E-state index contributed by atoms with van der Waals surface area (Å²) >= 11 is 0. The Hall–Kier alpha value is -3.84. The Morgan fingerprint density at radius 2 is 1.47 bits per heavy atom. The Kier molecular flexibility index (Phi) is 7.47. The molecule has 186 valence electrons. The third kappa shape index (κ3) is 5.69. The van der Waals surface area contributed by atoms with Crippen LogP contribution in [0.1, 0.15) is 30.0 Å². The maximum atomic E-state index is 12.6. The Morgan fingerprint density at radius 3 is 2.11 bits per heavy atom. The summed E-state index contributed by atoms with van der Waals surface area (Å²) in [6.45, 7) is 4.82. The molecule has 0 amide bonds. The smallest absolute Gasteiger partial charge is 0.326 e. The van der Waals surface area contributed by atoms with E-state index in [1.165, 1.54) is 11.1 Å². The van der Waals surface area contributed by atoms with Gasteiger partial charge in [-0.05, 0) is 36.1 Å². The number of aromatic nitrogens is 2. The van der Waals surface area contributed by atoms with Gasteiger partial charge in [0.15, 0.2) is 5.96 Å². The van der Waals surface area contributed by atoms with Gasteiger partial charge in [-0.25, -0.2) is 4.79 Å². The minimum atomic E-state index is -0.0419. The highest BCUT2D eigenvalue weighted by molar-refractivity contribution is 5.77. The van der Waals surface area contributed by atoms with E-state index in [1.807, 2.05) is 41.0 Å². The highest BCUT2D eigenvalue weighted by atomic mass is 16.1. The fourth-order valence-corrected chi connectivity index (χ4v) is 5.13. The Balaban J connectivity index is 1.14. The summed E-state index contributed by atoms with van der Waals surface area (Å²) in [6.07, 6.45) is 1.69. The molecule has 5 rings (SSSR count). The summed E-state index contributed by atoms with van der Waals surface area (Å²) < 4.78 is 1.90. The number of rotatable bonds is 8. The van der Waals surface area contributed by atoms with Gasteiger partial charge in [-0.2, -0.15) is 0 Å². The minimum Gasteiger partial charge on any atom is -0.355 e. The summed E-state index contributed by atoms with van der Waals surface area (Å²) in [6, 6.07) is 29.1.